The highest BCUT2D eigenvalue weighted by Crippen LogP contribution is 2.34. The standard InChI is InChI=1S/C13H20N4O4.ClH/c1-5-20-11(18)15-10-8-7-14-13(3,4)9(8)16-17(10)12(19)21-6-2;/h14H,5-7H2,1-4H3,(H,15,18);1H. The van der Waals surface area contributed by atoms with Gasteiger partial charge < -0.3 is 14.8 Å². The Kier molecular flexibility index (Phi) is 5.78. The summed E-state index contributed by atoms with van der Waals surface area (Å²) in [6.07, 6.45) is -1.26. The highest BCUT2D eigenvalue weighted by atomic mass is 35.5. The van der Waals surface area contributed by atoms with E-state index in [2.05, 4.69) is 15.7 Å². The lowest BCUT2D eigenvalue weighted by molar-refractivity contribution is 0.150. The van der Waals surface area contributed by atoms with Gasteiger partial charge >= 0.3 is 12.2 Å². The van der Waals surface area contributed by atoms with Gasteiger partial charge in [-0.05, 0) is 27.7 Å². The van der Waals surface area contributed by atoms with Crippen LogP contribution >= 0.6 is 12.4 Å². The van der Waals surface area contributed by atoms with E-state index in [1.807, 2.05) is 13.8 Å². The van der Waals surface area contributed by atoms with Crippen molar-refractivity contribution in [3.8, 4) is 0 Å². The zero-order chi connectivity index (χ0) is 15.6. The molecule has 0 aromatic carbocycles. The number of carbonyl (C=O) groups is 2. The first-order valence-corrected chi connectivity index (χ1v) is 6.89. The average molecular weight is 333 g/mol. The second kappa shape index (κ2) is 6.97. The maximum absolute atomic E-state index is 12.0. The van der Waals surface area contributed by atoms with Crippen molar-refractivity contribution >= 4 is 30.4 Å². The largest absolute Gasteiger partial charge is 0.450 e. The molecule has 2 rings (SSSR count). The molecule has 0 fully saturated rings. The SMILES string of the molecule is CCOC(=O)Nc1c2c(nn1C(=O)OCC)C(C)(C)NC2.Cl. The van der Waals surface area contributed by atoms with Crippen LogP contribution in [0.1, 0.15) is 39.0 Å². The van der Waals surface area contributed by atoms with E-state index < -0.39 is 12.2 Å². The van der Waals surface area contributed by atoms with E-state index in [9.17, 15) is 9.59 Å². The van der Waals surface area contributed by atoms with Crippen LogP contribution in [0.3, 0.4) is 0 Å². The molecule has 1 aliphatic heterocycles. The molecular weight excluding hydrogens is 312 g/mol. The number of rotatable bonds is 3. The smallest absolute Gasteiger partial charge is 0.436 e. The molecule has 0 radical (unpaired) electrons. The average Bonchev–Trinajstić information content (AvgIpc) is 2.90. The molecule has 22 heavy (non-hydrogen) atoms. The zero-order valence-corrected chi connectivity index (χ0v) is 13.9. The van der Waals surface area contributed by atoms with Crippen molar-refractivity contribution in [2.24, 2.45) is 0 Å². The van der Waals surface area contributed by atoms with Crippen LogP contribution in [0.4, 0.5) is 15.4 Å². The molecule has 0 atom stereocenters. The summed E-state index contributed by atoms with van der Waals surface area (Å²) in [5.74, 6) is 0.292. The highest BCUT2D eigenvalue weighted by Gasteiger charge is 2.37. The molecule has 9 heteroatoms. The molecule has 1 aromatic heterocycles. The van der Waals surface area contributed by atoms with Gasteiger partial charge in [-0.25, -0.2) is 9.59 Å². The second-order valence-electron chi connectivity index (χ2n) is 5.11. The Balaban J connectivity index is 0.00000242. The lowest BCUT2D eigenvalue weighted by atomic mass is 10.0. The molecule has 1 amide bonds. The number of fused-ring (bicyclic) bond motifs is 1. The van der Waals surface area contributed by atoms with Crippen LogP contribution in [-0.2, 0) is 21.6 Å². The normalized spacial score (nSPS) is 14.7. The number of ether oxygens (including phenoxy) is 2. The Bertz CT molecular complexity index is 571. The minimum Gasteiger partial charge on any atom is -0.450 e. The van der Waals surface area contributed by atoms with Gasteiger partial charge in [0.25, 0.3) is 0 Å². The van der Waals surface area contributed by atoms with Gasteiger partial charge in [-0.15, -0.1) is 17.1 Å². The first-order chi connectivity index (χ1) is 9.90. The summed E-state index contributed by atoms with van der Waals surface area (Å²) in [5, 5.41) is 10.1. The molecule has 0 bridgehead atoms. The Hall–Kier alpha value is -1.80. The predicted molar refractivity (Wildman–Crippen MR) is 82.4 cm³/mol. The number of nitrogens with zero attached hydrogens (tertiary/aromatic N) is 2. The number of aromatic nitrogens is 2. The van der Waals surface area contributed by atoms with E-state index in [-0.39, 0.29) is 31.2 Å². The van der Waals surface area contributed by atoms with E-state index in [1.165, 1.54) is 0 Å². The van der Waals surface area contributed by atoms with E-state index in [1.54, 1.807) is 13.8 Å². The van der Waals surface area contributed by atoms with Crippen molar-refractivity contribution in [2.75, 3.05) is 18.5 Å². The number of anilines is 1. The quantitative estimate of drug-likeness (QED) is 0.881. The molecule has 1 aromatic rings. The van der Waals surface area contributed by atoms with Crippen LogP contribution in [0, 0.1) is 0 Å². The van der Waals surface area contributed by atoms with Crippen LogP contribution in [0.15, 0.2) is 0 Å². The van der Waals surface area contributed by atoms with Crippen molar-refractivity contribution in [1.82, 2.24) is 15.1 Å². The minimum atomic E-state index is -0.630. The monoisotopic (exact) mass is 332 g/mol. The first kappa shape index (κ1) is 18.2. The van der Waals surface area contributed by atoms with Gasteiger partial charge in [-0.3, -0.25) is 5.32 Å². The Labute approximate surface area is 134 Å². The summed E-state index contributed by atoms with van der Waals surface area (Å²) in [7, 11) is 0. The number of nitrogens with one attached hydrogen (secondary N) is 2. The molecule has 2 heterocycles. The van der Waals surface area contributed by atoms with Crippen molar-refractivity contribution in [3.63, 3.8) is 0 Å². The summed E-state index contributed by atoms with van der Waals surface area (Å²) >= 11 is 0. The topological polar surface area (TPSA) is 94.5 Å². The van der Waals surface area contributed by atoms with Gasteiger partial charge in [-0.1, -0.05) is 0 Å². The molecule has 0 spiro atoms. The van der Waals surface area contributed by atoms with Crippen LogP contribution in [0.2, 0.25) is 0 Å². The molecule has 0 saturated carbocycles. The van der Waals surface area contributed by atoms with Crippen LogP contribution in [0.5, 0.6) is 0 Å². The number of hydrogen-bond donors (Lipinski definition) is 2. The number of hydrogen-bond acceptors (Lipinski definition) is 6. The van der Waals surface area contributed by atoms with E-state index in [0.29, 0.717) is 18.1 Å². The molecule has 0 saturated heterocycles. The molecule has 1 aliphatic rings. The summed E-state index contributed by atoms with van der Waals surface area (Å²) in [4.78, 5) is 23.6. The predicted octanol–water partition coefficient (Wildman–Crippen LogP) is 2.22. The summed E-state index contributed by atoms with van der Waals surface area (Å²) < 4.78 is 10.9. The van der Waals surface area contributed by atoms with E-state index in [0.717, 1.165) is 10.2 Å². The molecule has 124 valence electrons. The summed E-state index contributed by atoms with van der Waals surface area (Å²) in [5.41, 5.74) is 1.10. The third kappa shape index (κ3) is 3.33. The third-order valence-corrected chi connectivity index (χ3v) is 3.22. The van der Waals surface area contributed by atoms with Gasteiger partial charge in [-0.2, -0.15) is 5.10 Å². The highest BCUT2D eigenvalue weighted by molar-refractivity contribution is 5.88. The first-order valence-electron chi connectivity index (χ1n) is 6.89. The molecule has 0 unspecified atom stereocenters. The number of halogens is 1. The molecule has 8 nitrogen and oxygen atoms in total. The molecular formula is C13H21ClN4O4. The van der Waals surface area contributed by atoms with Crippen LogP contribution in [0.25, 0.3) is 0 Å². The zero-order valence-electron chi connectivity index (χ0n) is 13.1. The minimum absolute atomic E-state index is 0. The van der Waals surface area contributed by atoms with Crippen molar-refractivity contribution in [3.05, 3.63) is 11.3 Å². The fraction of sp³-hybridized carbons (Fsp3) is 0.615. The fourth-order valence-electron chi connectivity index (χ4n) is 2.22. The van der Waals surface area contributed by atoms with Gasteiger partial charge in [0.15, 0.2) is 5.82 Å². The Morgan fingerprint density at radius 3 is 2.55 bits per heavy atom. The van der Waals surface area contributed by atoms with E-state index >= 15 is 0 Å². The van der Waals surface area contributed by atoms with E-state index in [4.69, 9.17) is 9.47 Å². The third-order valence-electron chi connectivity index (χ3n) is 3.22. The molecule has 2 N–H and O–H groups in total. The lowest BCUT2D eigenvalue weighted by Gasteiger charge is -2.17. The second-order valence-corrected chi connectivity index (χ2v) is 5.11. The lowest BCUT2D eigenvalue weighted by Crippen LogP contribution is -2.31. The van der Waals surface area contributed by atoms with Crippen molar-refractivity contribution in [1.29, 1.82) is 0 Å². The van der Waals surface area contributed by atoms with Gasteiger partial charge in [0.05, 0.1) is 24.4 Å². The summed E-state index contributed by atoms with van der Waals surface area (Å²) in [6, 6.07) is 0. The van der Waals surface area contributed by atoms with Crippen LogP contribution < -0.4 is 10.6 Å². The number of amides is 1. The summed E-state index contributed by atoms with van der Waals surface area (Å²) in [6.45, 7) is 8.29. The van der Waals surface area contributed by atoms with Crippen LogP contribution in [-0.4, -0.2) is 35.2 Å². The Morgan fingerprint density at radius 2 is 1.95 bits per heavy atom. The molecule has 0 aliphatic carbocycles. The van der Waals surface area contributed by atoms with Gasteiger partial charge in [0, 0.05) is 12.1 Å². The number of carbonyl (C=O) groups excluding carboxylic acids is 2. The van der Waals surface area contributed by atoms with Gasteiger partial charge in [0.2, 0.25) is 0 Å². The van der Waals surface area contributed by atoms with Crippen molar-refractivity contribution < 1.29 is 19.1 Å². The van der Waals surface area contributed by atoms with Crippen molar-refractivity contribution in [2.45, 2.75) is 39.8 Å². The maximum Gasteiger partial charge on any atom is 0.436 e. The fourth-order valence-corrected chi connectivity index (χ4v) is 2.22. The van der Waals surface area contributed by atoms with Gasteiger partial charge in [0.1, 0.15) is 0 Å². The maximum atomic E-state index is 12.0. The Morgan fingerprint density at radius 1 is 1.32 bits per heavy atom.